The normalized spacial score (nSPS) is 12.5. The molecule has 0 unspecified atom stereocenters. The summed E-state index contributed by atoms with van der Waals surface area (Å²) in [5.41, 5.74) is 5.52. The van der Waals surface area contributed by atoms with Crippen molar-refractivity contribution in [2.75, 3.05) is 0 Å². The fourth-order valence-electron chi connectivity index (χ4n) is 1.05. The first-order chi connectivity index (χ1) is 6.56. The maximum absolute atomic E-state index is 13.2. The summed E-state index contributed by atoms with van der Waals surface area (Å²) in [6.45, 7) is -0.292. The van der Waals surface area contributed by atoms with E-state index in [1.807, 2.05) is 0 Å². The van der Waals surface area contributed by atoms with Crippen LogP contribution in [0.4, 0.5) is 4.39 Å². The molecule has 0 spiro atoms. The Morgan fingerprint density at radius 1 is 1.57 bits per heavy atom. The molecule has 0 fully saturated rings. The maximum atomic E-state index is 13.2. The molecule has 0 bridgehead atoms. The Hall–Kier alpha value is -1.46. The lowest BCUT2D eigenvalue weighted by atomic mass is 10.1. The minimum absolute atomic E-state index is 0.0882. The molecule has 0 aliphatic rings. The van der Waals surface area contributed by atoms with Gasteiger partial charge in [-0.05, 0) is 11.6 Å². The van der Waals surface area contributed by atoms with Gasteiger partial charge in [-0.3, -0.25) is 4.79 Å². The Bertz CT molecular complexity index is 354. The number of halogens is 1. The van der Waals surface area contributed by atoms with E-state index in [0.717, 1.165) is 6.07 Å². The summed E-state index contributed by atoms with van der Waals surface area (Å²) in [6.07, 6.45) is 0. The van der Waals surface area contributed by atoms with Crippen LogP contribution in [0.1, 0.15) is 17.2 Å². The zero-order chi connectivity index (χ0) is 10.7. The number of aliphatic hydroxyl groups excluding tert-OH is 1. The van der Waals surface area contributed by atoms with E-state index < -0.39 is 17.8 Å². The van der Waals surface area contributed by atoms with Gasteiger partial charge in [0.25, 0.3) is 0 Å². The van der Waals surface area contributed by atoms with Crippen molar-refractivity contribution in [3.63, 3.8) is 0 Å². The monoisotopic (exact) mass is 199 g/mol. The van der Waals surface area contributed by atoms with Crippen LogP contribution in [0.25, 0.3) is 0 Å². The SMILES string of the molecule is N[C@@H](C(=O)O)c1ccc(CO)cc1F. The number of nitrogens with two attached hydrogens (primary N) is 1. The zero-order valence-electron chi connectivity index (χ0n) is 7.27. The molecule has 0 aromatic heterocycles. The smallest absolute Gasteiger partial charge is 0.325 e. The molecule has 1 rings (SSSR count). The zero-order valence-corrected chi connectivity index (χ0v) is 7.27. The number of carbonyl (C=O) groups is 1. The number of rotatable bonds is 3. The minimum Gasteiger partial charge on any atom is -0.480 e. The summed E-state index contributed by atoms with van der Waals surface area (Å²) in [4.78, 5) is 10.5. The second-order valence-corrected chi connectivity index (χ2v) is 2.83. The molecule has 0 heterocycles. The average Bonchev–Trinajstić information content (AvgIpc) is 2.16. The van der Waals surface area contributed by atoms with Crippen molar-refractivity contribution in [1.82, 2.24) is 0 Å². The summed E-state index contributed by atoms with van der Waals surface area (Å²) < 4.78 is 13.2. The van der Waals surface area contributed by atoms with Crippen LogP contribution in [0.2, 0.25) is 0 Å². The molecular formula is C9H10FNO3. The number of carboxylic acid groups (broad SMARTS) is 1. The van der Waals surface area contributed by atoms with Gasteiger partial charge in [0.1, 0.15) is 11.9 Å². The van der Waals surface area contributed by atoms with Crippen LogP contribution in [-0.2, 0) is 11.4 Å². The molecule has 4 nitrogen and oxygen atoms in total. The molecule has 0 radical (unpaired) electrons. The second kappa shape index (κ2) is 4.17. The van der Waals surface area contributed by atoms with Crippen molar-refractivity contribution in [1.29, 1.82) is 0 Å². The molecule has 4 N–H and O–H groups in total. The topological polar surface area (TPSA) is 83.6 Å². The first kappa shape index (κ1) is 10.6. The van der Waals surface area contributed by atoms with Crippen LogP contribution in [0.3, 0.4) is 0 Å². The lowest BCUT2D eigenvalue weighted by Crippen LogP contribution is -2.21. The lowest BCUT2D eigenvalue weighted by molar-refractivity contribution is -0.138. The van der Waals surface area contributed by atoms with Gasteiger partial charge in [-0.25, -0.2) is 4.39 Å². The quantitative estimate of drug-likeness (QED) is 0.658. The highest BCUT2D eigenvalue weighted by Crippen LogP contribution is 2.16. The Morgan fingerprint density at radius 3 is 2.64 bits per heavy atom. The van der Waals surface area contributed by atoms with E-state index >= 15 is 0 Å². The van der Waals surface area contributed by atoms with Gasteiger partial charge in [-0.2, -0.15) is 0 Å². The van der Waals surface area contributed by atoms with E-state index in [1.54, 1.807) is 0 Å². The average molecular weight is 199 g/mol. The number of aliphatic hydroxyl groups is 1. The molecule has 0 aliphatic carbocycles. The molecule has 1 atom stereocenters. The van der Waals surface area contributed by atoms with E-state index in [4.69, 9.17) is 15.9 Å². The fraction of sp³-hybridized carbons (Fsp3) is 0.222. The predicted octanol–water partition coefficient (Wildman–Crippen LogP) is 0.402. The van der Waals surface area contributed by atoms with Crippen LogP contribution in [0.5, 0.6) is 0 Å². The maximum Gasteiger partial charge on any atom is 0.325 e. The largest absolute Gasteiger partial charge is 0.480 e. The molecule has 0 saturated carbocycles. The van der Waals surface area contributed by atoms with Crippen molar-refractivity contribution in [2.24, 2.45) is 5.73 Å². The highest BCUT2D eigenvalue weighted by molar-refractivity contribution is 5.75. The third-order valence-corrected chi connectivity index (χ3v) is 1.85. The van der Waals surface area contributed by atoms with Gasteiger partial charge >= 0.3 is 5.97 Å². The molecule has 0 amide bonds. The number of aliphatic carboxylic acids is 1. The predicted molar refractivity (Wildman–Crippen MR) is 46.9 cm³/mol. The van der Waals surface area contributed by atoms with Crippen molar-refractivity contribution in [3.05, 3.63) is 35.1 Å². The lowest BCUT2D eigenvalue weighted by Gasteiger charge is -2.08. The van der Waals surface area contributed by atoms with Gasteiger partial charge in [-0.15, -0.1) is 0 Å². The van der Waals surface area contributed by atoms with Gasteiger partial charge in [0, 0.05) is 5.56 Å². The van der Waals surface area contributed by atoms with E-state index in [9.17, 15) is 9.18 Å². The van der Waals surface area contributed by atoms with Gasteiger partial charge < -0.3 is 15.9 Å². The molecule has 0 aliphatic heterocycles. The van der Waals surface area contributed by atoms with Gasteiger partial charge in [-0.1, -0.05) is 12.1 Å². The molecule has 1 aromatic rings. The highest BCUT2D eigenvalue weighted by Gasteiger charge is 2.18. The summed E-state index contributed by atoms with van der Waals surface area (Å²) >= 11 is 0. The minimum atomic E-state index is -1.37. The molecule has 76 valence electrons. The first-order valence-electron chi connectivity index (χ1n) is 3.94. The van der Waals surface area contributed by atoms with Gasteiger partial charge in [0.05, 0.1) is 6.61 Å². The van der Waals surface area contributed by atoms with Crippen molar-refractivity contribution >= 4 is 5.97 Å². The molecular weight excluding hydrogens is 189 g/mol. The number of hydrogen-bond donors (Lipinski definition) is 3. The summed E-state index contributed by atoms with van der Waals surface area (Å²) in [7, 11) is 0. The number of carboxylic acids is 1. The number of hydrogen-bond acceptors (Lipinski definition) is 3. The molecule has 1 aromatic carbocycles. The van der Waals surface area contributed by atoms with E-state index in [2.05, 4.69) is 0 Å². The van der Waals surface area contributed by atoms with Crippen LogP contribution in [-0.4, -0.2) is 16.2 Å². The Morgan fingerprint density at radius 2 is 2.21 bits per heavy atom. The van der Waals surface area contributed by atoms with Gasteiger partial charge in [0.2, 0.25) is 0 Å². The van der Waals surface area contributed by atoms with Crippen molar-refractivity contribution < 1.29 is 19.4 Å². The van der Waals surface area contributed by atoms with E-state index in [-0.39, 0.29) is 12.2 Å². The highest BCUT2D eigenvalue weighted by atomic mass is 19.1. The number of benzene rings is 1. The second-order valence-electron chi connectivity index (χ2n) is 2.83. The van der Waals surface area contributed by atoms with E-state index in [0.29, 0.717) is 5.56 Å². The third-order valence-electron chi connectivity index (χ3n) is 1.85. The molecule has 14 heavy (non-hydrogen) atoms. The first-order valence-corrected chi connectivity index (χ1v) is 3.94. The van der Waals surface area contributed by atoms with Gasteiger partial charge in [0.15, 0.2) is 0 Å². The van der Waals surface area contributed by atoms with Crippen molar-refractivity contribution in [2.45, 2.75) is 12.6 Å². The van der Waals surface area contributed by atoms with Crippen LogP contribution in [0.15, 0.2) is 18.2 Å². The summed E-state index contributed by atoms with van der Waals surface area (Å²) in [6, 6.07) is 2.39. The van der Waals surface area contributed by atoms with Crippen molar-refractivity contribution in [3.8, 4) is 0 Å². The third kappa shape index (κ3) is 2.07. The fourth-order valence-corrected chi connectivity index (χ4v) is 1.05. The molecule has 0 saturated heterocycles. The summed E-state index contributed by atoms with van der Waals surface area (Å²) in [5, 5.41) is 17.2. The van der Waals surface area contributed by atoms with Crippen LogP contribution in [0, 0.1) is 5.82 Å². The Balaban J connectivity index is 3.05. The Labute approximate surface area is 79.8 Å². The standard InChI is InChI=1S/C9H10FNO3/c10-7-3-5(4-12)1-2-6(7)8(11)9(13)14/h1-3,8,12H,4,11H2,(H,13,14)/t8-/m1/s1. The van der Waals surface area contributed by atoms with E-state index in [1.165, 1.54) is 12.1 Å². The summed E-state index contributed by atoms with van der Waals surface area (Å²) in [5.74, 6) is -2.01. The molecule has 5 heteroatoms. The van der Waals surface area contributed by atoms with Crippen LogP contribution < -0.4 is 5.73 Å². The van der Waals surface area contributed by atoms with Crippen LogP contribution >= 0.6 is 0 Å². The Kier molecular flexibility index (Phi) is 3.16.